The molecule has 1 N–H and O–H groups in total. The topological polar surface area (TPSA) is 55.4 Å². The summed E-state index contributed by atoms with van der Waals surface area (Å²) in [7, 11) is 0. The molecule has 4 nitrogen and oxygen atoms in total. The summed E-state index contributed by atoms with van der Waals surface area (Å²) in [5.74, 6) is 0.559. The molecule has 0 unspecified atom stereocenters. The third-order valence-corrected chi connectivity index (χ3v) is 3.80. The molecule has 4 heteroatoms. The highest BCUT2D eigenvalue weighted by atomic mass is 16.5. The van der Waals surface area contributed by atoms with Crippen LogP contribution in [0, 0.1) is 5.92 Å². The summed E-state index contributed by atoms with van der Waals surface area (Å²) in [6.45, 7) is 4.44. The Labute approximate surface area is 116 Å². The fourth-order valence-corrected chi connectivity index (χ4v) is 2.60. The normalized spacial score (nSPS) is 22.8. The van der Waals surface area contributed by atoms with Crippen molar-refractivity contribution in [1.82, 2.24) is 5.32 Å². The lowest BCUT2D eigenvalue weighted by atomic mass is 9.86. The van der Waals surface area contributed by atoms with Crippen LogP contribution in [0.1, 0.15) is 65.2 Å². The molecule has 1 aliphatic rings. The van der Waals surface area contributed by atoms with Gasteiger partial charge in [0.05, 0.1) is 6.61 Å². The van der Waals surface area contributed by atoms with E-state index in [1.807, 2.05) is 0 Å². The standard InChI is InChI=1S/C15H27NO3/c1-3-19-15(18)11-7-6-10-14(17)16-13-9-5-4-8-12(13)2/h12-13H,3-11H2,1-2H3,(H,16,17)/t12-,13+/m1/s1. The number of amides is 1. The van der Waals surface area contributed by atoms with E-state index < -0.39 is 0 Å². The molecule has 0 bridgehead atoms. The minimum atomic E-state index is -0.163. The molecule has 1 amide bonds. The van der Waals surface area contributed by atoms with Crippen LogP contribution in [-0.4, -0.2) is 24.5 Å². The van der Waals surface area contributed by atoms with Gasteiger partial charge >= 0.3 is 5.97 Å². The van der Waals surface area contributed by atoms with E-state index in [4.69, 9.17) is 4.74 Å². The number of carbonyl (C=O) groups is 2. The van der Waals surface area contributed by atoms with E-state index in [0.717, 1.165) is 19.3 Å². The van der Waals surface area contributed by atoms with E-state index >= 15 is 0 Å². The van der Waals surface area contributed by atoms with Crippen molar-refractivity contribution in [2.75, 3.05) is 6.61 Å². The molecule has 0 heterocycles. The summed E-state index contributed by atoms with van der Waals surface area (Å²) in [5, 5.41) is 3.13. The van der Waals surface area contributed by atoms with Crippen molar-refractivity contribution < 1.29 is 14.3 Å². The first-order valence-corrected chi connectivity index (χ1v) is 7.58. The Hall–Kier alpha value is -1.06. The summed E-state index contributed by atoms with van der Waals surface area (Å²) in [4.78, 5) is 22.9. The number of esters is 1. The third-order valence-electron chi connectivity index (χ3n) is 3.80. The zero-order valence-corrected chi connectivity index (χ0v) is 12.2. The minimum absolute atomic E-state index is 0.127. The SMILES string of the molecule is CCOC(=O)CCCCC(=O)N[C@H]1CCCC[C@H]1C. The van der Waals surface area contributed by atoms with E-state index in [1.165, 1.54) is 19.3 Å². The Morgan fingerprint density at radius 2 is 1.84 bits per heavy atom. The lowest BCUT2D eigenvalue weighted by molar-refractivity contribution is -0.143. The summed E-state index contributed by atoms with van der Waals surface area (Å²) in [5.41, 5.74) is 0. The molecule has 2 atom stereocenters. The largest absolute Gasteiger partial charge is 0.466 e. The summed E-state index contributed by atoms with van der Waals surface area (Å²) < 4.78 is 4.85. The van der Waals surface area contributed by atoms with Crippen LogP contribution in [0.4, 0.5) is 0 Å². The van der Waals surface area contributed by atoms with Crippen molar-refractivity contribution >= 4 is 11.9 Å². The molecule has 110 valence electrons. The van der Waals surface area contributed by atoms with Gasteiger partial charge in [0.15, 0.2) is 0 Å². The Balaban J connectivity index is 2.09. The van der Waals surface area contributed by atoms with E-state index in [2.05, 4.69) is 12.2 Å². The van der Waals surface area contributed by atoms with Gasteiger partial charge in [0.2, 0.25) is 5.91 Å². The number of ether oxygens (including phenoxy) is 1. The number of nitrogens with one attached hydrogen (secondary N) is 1. The molecule has 0 saturated heterocycles. The Bertz CT molecular complexity index is 291. The van der Waals surface area contributed by atoms with Crippen molar-refractivity contribution in [2.24, 2.45) is 5.92 Å². The highest BCUT2D eigenvalue weighted by molar-refractivity contribution is 5.76. The number of rotatable bonds is 7. The first kappa shape index (κ1) is 16.0. The average molecular weight is 269 g/mol. The van der Waals surface area contributed by atoms with Gasteiger partial charge in [0, 0.05) is 18.9 Å². The minimum Gasteiger partial charge on any atom is -0.466 e. The first-order chi connectivity index (χ1) is 9.13. The van der Waals surface area contributed by atoms with Gasteiger partial charge in [-0.05, 0) is 38.5 Å². The number of hydrogen-bond acceptors (Lipinski definition) is 3. The van der Waals surface area contributed by atoms with Crippen LogP contribution >= 0.6 is 0 Å². The molecule has 1 aliphatic carbocycles. The van der Waals surface area contributed by atoms with Crippen LogP contribution in [0.5, 0.6) is 0 Å². The van der Waals surface area contributed by atoms with Crippen molar-refractivity contribution in [3.05, 3.63) is 0 Å². The number of unbranched alkanes of at least 4 members (excludes halogenated alkanes) is 1. The van der Waals surface area contributed by atoms with Gasteiger partial charge < -0.3 is 10.1 Å². The maximum Gasteiger partial charge on any atom is 0.305 e. The van der Waals surface area contributed by atoms with Crippen LogP contribution < -0.4 is 5.32 Å². The molecule has 1 saturated carbocycles. The lowest BCUT2D eigenvalue weighted by Gasteiger charge is -2.29. The van der Waals surface area contributed by atoms with E-state index in [0.29, 0.717) is 31.4 Å². The van der Waals surface area contributed by atoms with Gasteiger partial charge in [0.1, 0.15) is 0 Å². The quantitative estimate of drug-likeness (QED) is 0.571. The van der Waals surface area contributed by atoms with E-state index in [9.17, 15) is 9.59 Å². The molecule has 19 heavy (non-hydrogen) atoms. The summed E-state index contributed by atoms with van der Waals surface area (Å²) in [6, 6.07) is 0.353. The zero-order valence-electron chi connectivity index (χ0n) is 12.2. The molecule has 0 radical (unpaired) electrons. The zero-order chi connectivity index (χ0) is 14.1. The highest BCUT2D eigenvalue weighted by Crippen LogP contribution is 2.23. The van der Waals surface area contributed by atoms with Gasteiger partial charge in [-0.2, -0.15) is 0 Å². The van der Waals surface area contributed by atoms with Crippen molar-refractivity contribution in [3.63, 3.8) is 0 Å². The van der Waals surface area contributed by atoms with Crippen molar-refractivity contribution in [3.8, 4) is 0 Å². The Morgan fingerprint density at radius 1 is 1.16 bits per heavy atom. The Kier molecular flexibility index (Phi) is 7.53. The maximum atomic E-state index is 11.8. The first-order valence-electron chi connectivity index (χ1n) is 7.58. The van der Waals surface area contributed by atoms with Crippen molar-refractivity contribution in [2.45, 2.75) is 71.3 Å². The maximum absolute atomic E-state index is 11.8. The highest BCUT2D eigenvalue weighted by Gasteiger charge is 2.22. The Morgan fingerprint density at radius 3 is 2.53 bits per heavy atom. The summed E-state index contributed by atoms with van der Waals surface area (Å²) in [6.07, 6.45) is 7.25. The van der Waals surface area contributed by atoms with Gasteiger partial charge in [-0.1, -0.05) is 19.8 Å². The van der Waals surface area contributed by atoms with E-state index in [-0.39, 0.29) is 11.9 Å². The van der Waals surface area contributed by atoms with Crippen LogP contribution in [0.15, 0.2) is 0 Å². The molecule has 1 rings (SSSR count). The fourth-order valence-electron chi connectivity index (χ4n) is 2.60. The molecule has 1 fully saturated rings. The molecule has 0 aromatic rings. The van der Waals surface area contributed by atoms with Gasteiger partial charge in [-0.25, -0.2) is 0 Å². The number of carbonyl (C=O) groups excluding carboxylic acids is 2. The van der Waals surface area contributed by atoms with Crippen LogP contribution in [0.3, 0.4) is 0 Å². The van der Waals surface area contributed by atoms with Crippen molar-refractivity contribution in [1.29, 1.82) is 0 Å². The van der Waals surface area contributed by atoms with Crippen LogP contribution in [0.2, 0.25) is 0 Å². The predicted octanol–water partition coefficient (Wildman–Crippen LogP) is 2.80. The molecular weight excluding hydrogens is 242 g/mol. The van der Waals surface area contributed by atoms with Crippen LogP contribution in [-0.2, 0) is 14.3 Å². The van der Waals surface area contributed by atoms with Gasteiger partial charge in [0.25, 0.3) is 0 Å². The predicted molar refractivity (Wildman–Crippen MR) is 74.7 cm³/mol. The second-order valence-corrected chi connectivity index (χ2v) is 5.45. The molecule has 0 aliphatic heterocycles. The van der Waals surface area contributed by atoms with Crippen LogP contribution in [0.25, 0.3) is 0 Å². The second kappa shape index (κ2) is 8.94. The molecular formula is C15H27NO3. The molecule has 0 aromatic carbocycles. The van der Waals surface area contributed by atoms with Gasteiger partial charge in [-0.15, -0.1) is 0 Å². The monoisotopic (exact) mass is 269 g/mol. The number of hydrogen-bond donors (Lipinski definition) is 1. The average Bonchev–Trinajstić information content (AvgIpc) is 2.38. The second-order valence-electron chi connectivity index (χ2n) is 5.45. The van der Waals surface area contributed by atoms with E-state index in [1.54, 1.807) is 6.92 Å². The lowest BCUT2D eigenvalue weighted by Crippen LogP contribution is -2.40. The smallest absolute Gasteiger partial charge is 0.305 e. The fraction of sp³-hybridized carbons (Fsp3) is 0.867. The summed E-state index contributed by atoms with van der Waals surface area (Å²) >= 11 is 0. The van der Waals surface area contributed by atoms with Gasteiger partial charge in [-0.3, -0.25) is 9.59 Å². The molecule has 0 aromatic heterocycles. The molecule has 0 spiro atoms. The third kappa shape index (κ3) is 6.60.